The Balaban J connectivity index is 1.70. The SMILES string of the molecule is CC(=O)c1cc(Cl)ccc1OCC1CN(C(=O)c2ccc(Cl)c(S(N)(=O)=O)c2)CCO1. The molecule has 2 aromatic rings. The predicted molar refractivity (Wildman–Crippen MR) is 115 cm³/mol. The Hall–Kier alpha value is -2.17. The van der Waals surface area contributed by atoms with E-state index in [0.717, 1.165) is 6.07 Å². The van der Waals surface area contributed by atoms with E-state index in [-0.39, 0.29) is 46.9 Å². The van der Waals surface area contributed by atoms with Crippen molar-refractivity contribution in [2.75, 3.05) is 26.3 Å². The first-order chi connectivity index (χ1) is 14.6. The first-order valence-corrected chi connectivity index (χ1v) is 11.5. The highest BCUT2D eigenvalue weighted by molar-refractivity contribution is 7.89. The molecule has 0 aliphatic carbocycles. The van der Waals surface area contributed by atoms with Crippen LogP contribution in [0.5, 0.6) is 5.75 Å². The van der Waals surface area contributed by atoms with Crippen LogP contribution in [0.1, 0.15) is 27.6 Å². The third-order valence-corrected chi connectivity index (χ3v) is 6.28. The van der Waals surface area contributed by atoms with Gasteiger partial charge in [-0.25, -0.2) is 13.6 Å². The fourth-order valence-electron chi connectivity index (χ4n) is 3.13. The zero-order valence-electron chi connectivity index (χ0n) is 16.5. The maximum atomic E-state index is 12.9. The zero-order chi connectivity index (χ0) is 22.8. The molecule has 0 spiro atoms. The van der Waals surface area contributed by atoms with Gasteiger partial charge in [-0.2, -0.15) is 0 Å². The number of ketones is 1. The lowest BCUT2D eigenvalue weighted by Crippen LogP contribution is -2.47. The Morgan fingerprint density at radius 3 is 2.65 bits per heavy atom. The summed E-state index contributed by atoms with van der Waals surface area (Å²) < 4.78 is 34.8. The molecule has 0 saturated carbocycles. The third-order valence-electron chi connectivity index (χ3n) is 4.66. The van der Waals surface area contributed by atoms with Gasteiger partial charge in [0.2, 0.25) is 10.0 Å². The Labute approximate surface area is 189 Å². The lowest BCUT2D eigenvalue weighted by atomic mass is 10.1. The lowest BCUT2D eigenvalue weighted by Gasteiger charge is -2.33. The quantitative estimate of drug-likeness (QED) is 0.627. The molecule has 1 saturated heterocycles. The maximum Gasteiger partial charge on any atom is 0.254 e. The van der Waals surface area contributed by atoms with Crippen LogP contribution in [-0.4, -0.2) is 57.4 Å². The highest BCUT2D eigenvalue weighted by Gasteiger charge is 2.27. The van der Waals surface area contributed by atoms with Crippen LogP contribution in [0, 0.1) is 0 Å². The van der Waals surface area contributed by atoms with Crippen molar-refractivity contribution in [1.29, 1.82) is 0 Å². The normalized spacial score (nSPS) is 16.8. The van der Waals surface area contributed by atoms with Gasteiger partial charge >= 0.3 is 0 Å². The van der Waals surface area contributed by atoms with Crippen molar-refractivity contribution in [2.45, 2.75) is 17.9 Å². The number of hydrogen-bond donors (Lipinski definition) is 1. The first kappa shape index (κ1) is 23.5. The number of halogens is 2. The second-order valence-electron chi connectivity index (χ2n) is 6.94. The number of nitrogens with zero attached hydrogens (tertiary/aromatic N) is 1. The van der Waals surface area contributed by atoms with Gasteiger partial charge in [-0.05, 0) is 43.3 Å². The second-order valence-corrected chi connectivity index (χ2v) is 9.32. The highest BCUT2D eigenvalue weighted by Crippen LogP contribution is 2.25. The summed E-state index contributed by atoms with van der Waals surface area (Å²) in [4.78, 5) is 25.9. The van der Waals surface area contributed by atoms with Crippen LogP contribution >= 0.6 is 23.2 Å². The van der Waals surface area contributed by atoms with Crippen LogP contribution in [0.3, 0.4) is 0 Å². The molecule has 1 atom stereocenters. The largest absolute Gasteiger partial charge is 0.490 e. The van der Waals surface area contributed by atoms with Crippen LogP contribution in [0.2, 0.25) is 10.0 Å². The summed E-state index contributed by atoms with van der Waals surface area (Å²) in [6.07, 6.45) is -0.446. The van der Waals surface area contributed by atoms with E-state index in [2.05, 4.69) is 0 Å². The van der Waals surface area contributed by atoms with Crippen LogP contribution in [0.15, 0.2) is 41.3 Å². The number of ether oxygens (including phenoxy) is 2. The van der Waals surface area contributed by atoms with Gasteiger partial charge in [0.05, 0.1) is 23.7 Å². The number of morpholine rings is 1. The zero-order valence-corrected chi connectivity index (χ0v) is 18.8. The molecule has 11 heteroatoms. The van der Waals surface area contributed by atoms with Gasteiger partial charge in [0, 0.05) is 17.1 Å². The lowest BCUT2D eigenvalue weighted by molar-refractivity contribution is -0.0401. The van der Waals surface area contributed by atoms with E-state index in [1.165, 1.54) is 30.0 Å². The molecule has 1 aliphatic rings. The number of sulfonamides is 1. The minimum atomic E-state index is -4.07. The standard InChI is InChI=1S/C20H20Cl2N2O6S/c1-12(25)16-9-14(21)3-5-18(16)30-11-15-10-24(6-7-29-15)20(26)13-2-4-17(22)19(8-13)31(23,27)28/h2-5,8-9,15H,6-7,10-11H2,1H3,(H2,23,27,28). The van der Waals surface area contributed by atoms with Gasteiger partial charge in [0.25, 0.3) is 5.91 Å². The molecule has 1 aliphatic heterocycles. The molecule has 3 rings (SSSR count). The summed E-state index contributed by atoms with van der Waals surface area (Å²) in [7, 11) is -4.07. The molecule has 1 amide bonds. The highest BCUT2D eigenvalue weighted by atomic mass is 35.5. The number of rotatable bonds is 6. The van der Waals surface area contributed by atoms with Crippen LogP contribution < -0.4 is 9.88 Å². The number of carbonyl (C=O) groups is 2. The van der Waals surface area contributed by atoms with Gasteiger partial charge in [0.15, 0.2) is 5.78 Å². The topological polar surface area (TPSA) is 116 Å². The fraction of sp³-hybridized carbons (Fsp3) is 0.300. The monoisotopic (exact) mass is 486 g/mol. The van der Waals surface area contributed by atoms with Crippen molar-refractivity contribution < 1.29 is 27.5 Å². The molecule has 1 fully saturated rings. The Kier molecular flexibility index (Phi) is 7.23. The molecule has 1 unspecified atom stereocenters. The molecule has 0 radical (unpaired) electrons. The summed E-state index contributed by atoms with van der Waals surface area (Å²) >= 11 is 11.8. The molecule has 0 aromatic heterocycles. The van der Waals surface area contributed by atoms with Crippen molar-refractivity contribution in [3.8, 4) is 5.75 Å². The number of primary sulfonamides is 1. The fourth-order valence-corrected chi connectivity index (χ4v) is 4.37. The maximum absolute atomic E-state index is 12.9. The molecule has 2 aromatic carbocycles. The molecule has 166 valence electrons. The Morgan fingerprint density at radius 1 is 1.23 bits per heavy atom. The van der Waals surface area contributed by atoms with Crippen molar-refractivity contribution in [2.24, 2.45) is 5.14 Å². The number of benzene rings is 2. The number of amides is 1. The van der Waals surface area contributed by atoms with Gasteiger partial charge in [-0.1, -0.05) is 23.2 Å². The summed E-state index contributed by atoms with van der Waals surface area (Å²) in [6, 6.07) is 8.67. The third kappa shape index (κ3) is 5.75. The molecular weight excluding hydrogens is 467 g/mol. The van der Waals surface area contributed by atoms with Gasteiger partial charge in [-0.15, -0.1) is 0 Å². The predicted octanol–water partition coefficient (Wildman–Crippen LogP) is 2.76. The molecule has 0 bridgehead atoms. The van der Waals surface area contributed by atoms with Crippen LogP contribution in [0.4, 0.5) is 0 Å². The second kappa shape index (κ2) is 9.54. The molecule has 31 heavy (non-hydrogen) atoms. The van der Waals surface area contributed by atoms with Gasteiger partial charge in [0.1, 0.15) is 23.4 Å². The molecule has 8 nitrogen and oxygen atoms in total. The molecule has 1 heterocycles. The van der Waals surface area contributed by atoms with Crippen LogP contribution in [0.25, 0.3) is 0 Å². The van der Waals surface area contributed by atoms with Crippen LogP contribution in [-0.2, 0) is 14.8 Å². The van der Waals surface area contributed by atoms with Crippen molar-refractivity contribution >= 4 is 44.9 Å². The van der Waals surface area contributed by atoms with Crippen molar-refractivity contribution in [1.82, 2.24) is 4.90 Å². The van der Waals surface area contributed by atoms with Crippen molar-refractivity contribution in [3.63, 3.8) is 0 Å². The summed E-state index contributed by atoms with van der Waals surface area (Å²) in [6.45, 7) is 2.33. The average Bonchev–Trinajstić information content (AvgIpc) is 2.72. The number of nitrogens with two attached hydrogens (primary N) is 1. The van der Waals surface area contributed by atoms with Crippen molar-refractivity contribution in [3.05, 3.63) is 57.6 Å². The first-order valence-electron chi connectivity index (χ1n) is 9.23. The smallest absolute Gasteiger partial charge is 0.254 e. The molecule has 2 N–H and O–H groups in total. The Bertz CT molecular complexity index is 1120. The minimum Gasteiger partial charge on any atom is -0.490 e. The van der Waals surface area contributed by atoms with E-state index in [9.17, 15) is 18.0 Å². The van der Waals surface area contributed by atoms with E-state index in [0.29, 0.717) is 22.9 Å². The van der Waals surface area contributed by atoms with E-state index in [1.807, 2.05) is 0 Å². The van der Waals surface area contributed by atoms with E-state index in [1.54, 1.807) is 12.1 Å². The van der Waals surface area contributed by atoms with E-state index < -0.39 is 16.1 Å². The summed E-state index contributed by atoms with van der Waals surface area (Å²) in [5, 5.41) is 5.52. The number of carbonyl (C=O) groups excluding carboxylic acids is 2. The molecular formula is C20H20Cl2N2O6S. The van der Waals surface area contributed by atoms with E-state index >= 15 is 0 Å². The number of hydrogen-bond acceptors (Lipinski definition) is 6. The summed E-state index contributed by atoms with van der Waals surface area (Å²) in [5.74, 6) is -0.197. The van der Waals surface area contributed by atoms with Gasteiger partial charge < -0.3 is 14.4 Å². The average molecular weight is 487 g/mol. The summed E-state index contributed by atoms with van der Waals surface area (Å²) in [5.41, 5.74) is 0.500. The number of Topliss-reactive ketones (excluding diaryl/α,β-unsaturated/α-hetero) is 1. The Morgan fingerprint density at radius 2 is 1.97 bits per heavy atom. The van der Waals surface area contributed by atoms with E-state index in [4.69, 9.17) is 37.8 Å². The minimum absolute atomic E-state index is 0.0588. The van der Waals surface area contributed by atoms with Gasteiger partial charge in [-0.3, -0.25) is 9.59 Å².